The van der Waals surface area contributed by atoms with Gasteiger partial charge in [0.05, 0.1) is 11.4 Å². The summed E-state index contributed by atoms with van der Waals surface area (Å²) in [5, 5.41) is 8.64. The summed E-state index contributed by atoms with van der Waals surface area (Å²) in [6.45, 7) is 4.91. The van der Waals surface area contributed by atoms with Gasteiger partial charge >= 0.3 is 0 Å². The van der Waals surface area contributed by atoms with Crippen molar-refractivity contribution in [2.45, 2.75) is 12.8 Å². The predicted octanol–water partition coefficient (Wildman–Crippen LogP) is 1.11. The number of rotatable bonds is 1. The molecule has 7 heteroatoms. The van der Waals surface area contributed by atoms with Crippen LogP contribution >= 0.6 is 12.2 Å². The Labute approximate surface area is 136 Å². The molecule has 2 aliphatic rings. The highest BCUT2D eigenvalue weighted by atomic mass is 32.1. The molecule has 3 heterocycles. The zero-order valence-electron chi connectivity index (χ0n) is 12.9. The number of pyridine rings is 1. The fraction of sp³-hybridized carbons (Fsp3) is 0.533. The second-order valence-electron chi connectivity index (χ2n) is 5.70. The number of aromatic nitrogens is 1. The maximum atomic E-state index is 5.47. The lowest BCUT2D eigenvalue weighted by Gasteiger charge is -2.33. The molecule has 0 aromatic carbocycles. The molecule has 2 aliphatic heterocycles. The van der Waals surface area contributed by atoms with Crippen LogP contribution in [0.1, 0.15) is 18.5 Å². The van der Waals surface area contributed by atoms with Gasteiger partial charge in [0.2, 0.25) is 0 Å². The summed E-state index contributed by atoms with van der Waals surface area (Å²) in [5.74, 6) is 0. The minimum Gasteiger partial charge on any atom is -0.383 e. The number of fused-ring (bicyclic) bond motifs is 1. The highest BCUT2D eigenvalue weighted by molar-refractivity contribution is 7.80. The Morgan fingerprint density at radius 2 is 2.18 bits per heavy atom. The molecular formula is C15H22N6S. The van der Waals surface area contributed by atoms with Crippen LogP contribution in [0.2, 0.25) is 0 Å². The van der Waals surface area contributed by atoms with Crippen molar-refractivity contribution in [3.63, 3.8) is 0 Å². The van der Waals surface area contributed by atoms with E-state index in [2.05, 4.69) is 37.7 Å². The molecule has 0 saturated carbocycles. The first-order valence-corrected chi connectivity index (χ1v) is 8.14. The average Bonchev–Trinajstić information content (AvgIpc) is 2.75. The van der Waals surface area contributed by atoms with E-state index in [-0.39, 0.29) is 0 Å². The Balaban J connectivity index is 1.68. The van der Waals surface area contributed by atoms with Crippen molar-refractivity contribution in [2.75, 3.05) is 45.1 Å². The van der Waals surface area contributed by atoms with Crippen LogP contribution in [0.15, 0.2) is 23.4 Å². The van der Waals surface area contributed by atoms with E-state index < -0.39 is 0 Å². The molecule has 0 atom stereocenters. The Morgan fingerprint density at radius 3 is 3.00 bits per heavy atom. The van der Waals surface area contributed by atoms with E-state index in [0.29, 0.717) is 5.11 Å². The Kier molecular flexibility index (Phi) is 4.84. The topological polar surface area (TPSA) is 55.8 Å². The van der Waals surface area contributed by atoms with Gasteiger partial charge in [0.25, 0.3) is 0 Å². The van der Waals surface area contributed by atoms with Gasteiger partial charge in [0, 0.05) is 38.9 Å². The number of hydrogen-bond donors (Lipinski definition) is 2. The molecule has 0 aliphatic carbocycles. The SMILES string of the molecule is CN1CCN(C(=S)N/N=C2/CCCNc3cccnc32)CC1. The molecule has 0 spiro atoms. The standard InChI is InChI=1S/C15H22N6S/c1-20-8-10-21(11-9-20)15(22)19-18-13-5-3-6-16-12-4-2-7-17-14(12)13/h2,4,7,16H,3,5-6,8-11H2,1H3,(H,19,22)/b18-13-. The number of nitrogens with zero attached hydrogens (tertiary/aromatic N) is 4. The van der Waals surface area contributed by atoms with Gasteiger partial charge < -0.3 is 15.1 Å². The van der Waals surface area contributed by atoms with E-state index in [4.69, 9.17) is 12.2 Å². The lowest BCUT2D eigenvalue weighted by atomic mass is 10.1. The highest BCUT2D eigenvalue weighted by Gasteiger charge is 2.18. The lowest BCUT2D eigenvalue weighted by molar-refractivity contribution is 0.214. The molecule has 6 nitrogen and oxygen atoms in total. The third-order valence-corrected chi connectivity index (χ3v) is 4.41. The molecule has 3 rings (SSSR count). The van der Waals surface area contributed by atoms with Crippen LogP contribution in [0, 0.1) is 0 Å². The van der Waals surface area contributed by atoms with Gasteiger partial charge in [-0.15, -0.1) is 0 Å². The first-order chi connectivity index (χ1) is 10.7. The normalized spacial score (nSPS) is 21.0. The lowest BCUT2D eigenvalue weighted by Crippen LogP contribution is -2.49. The van der Waals surface area contributed by atoms with Gasteiger partial charge in [0.1, 0.15) is 5.69 Å². The summed E-state index contributed by atoms with van der Waals surface area (Å²) >= 11 is 5.47. The minimum absolute atomic E-state index is 0.704. The molecule has 1 aromatic rings. The van der Waals surface area contributed by atoms with E-state index in [9.17, 15) is 0 Å². The van der Waals surface area contributed by atoms with Crippen LogP contribution in [-0.2, 0) is 0 Å². The van der Waals surface area contributed by atoms with Crippen LogP contribution in [0.5, 0.6) is 0 Å². The number of piperazine rings is 1. The zero-order valence-corrected chi connectivity index (χ0v) is 13.7. The van der Waals surface area contributed by atoms with Gasteiger partial charge in [-0.25, -0.2) is 0 Å². The van der Waals surface area contributed by atoms with Crippen molar-refractivity contribution in [3.05, 3.63) is 24.0 Å². The van der Waals surface area contributed by atoms with Crippen molar-refractivity contribution in [2.24, 2.45) is 5.10 Å². The Hall–Kier alpha value is -1.73. The number of nitrogens with one attached hydrogen (secondary N) is 2. The van der Waals surface area contributed by atoms with Gasteiger partial charge in [-0.05, 0) is 44.2 Å². The molecule has 0 radical (unpaired) electrons. The smallest absolute Gasteiger partial charge is 0.189 e. The van der Waals surface area contributed by atoms with Crippen LogP contribution in [-0.4, -0.2) is 65.4 Å². The first-order valence-electron chi connectivity index (χ1n) is 7.73. The maximum Gasteiger partial charge on any atom is 0.189 e. The molecule has 1 saturated heterocycles. The van der Waals surface area contributed by atoms with Gasteiger partial charge in [-0.3, -0.25) is 10.4 Å². The summed E-state index contributed by atoms with van der Waals surface area (Å²) in [7, 11) is 2.13. The number of hydrogen-bond acceptors (Lipinski definition) is 5. The Bertz CT molecular complexity index is 565. The molecule has 0 unspecified atom stereocenters. The van der Waals surface area contributed by atoms with E-state index in [1.807, 2.05) is 12.1 Å². The molecule has 1 aromatic heterocycles. The minimum atomic E-state index is 0.704. The third-order valence-electron chi connectivity index (χ3n) is 4.06. The molecule has 0 amide bonds. The monoisotopic (exact) mass is 318 g/mol. The van der Waals surface area contributed by atoms with Crippen molar-refractivity contribution in [1.29, 1.82) is 0 Å². The fourth-order valence-electron chi connectivity index (χ4n) is 2.68. The average molecular weight is 318 g/mol. The van der Waals surface area contributed by atoms with Gasteiger partial charge in [-0.1, -0.05) is 0 Å². The molecule has 22 heavy (non-hydrogen) atoms. The largest absolute Gasteiger partial charge is 0.383 e. The zero-order chi connectivity index (χ0) is 15.4. The summed E-state index contributed by atoms with van der Waals surface area (Å²) in [6, 6.07) is 3.99. The van der Waals surface area contributed by atoms with Gasteiger partial charge in [0.15, 0.2) is 5.11 Å². The summed E-state index contributed by atoms with van der Waals surface area (Å²) in [4.78, 5) is 8.95. The Morgan fingerprint density at radius 1 is 1.36 bits per heavy atom. The quantitative estimate of drug-likeness (QED) is 0.598. The van der Waals surface area contributed by atoms with Crippen LogP contribution in [0.4, 0.5) is 5.69 Å². The number of likely N-dealkylation sites (N-methyl/N-ethyl adjacent to an activating group) is 1. The van der Waals surface area contributed by atoms with E-state index in [1.54, 1.807) is 6.20 Å². The first kappa shape index (κ1) is 15.2. The van der Waals surface area contributed by atoms with Crippen LogP contribution in [0.3, 0.4) is 0 Å². The third kappa shape index (κ3) is 3.53. The van der Waals surface area contributed by atoms with Crippen molar-refractivity contribution in [3.8, 4) is 0 Å². The predicted molar refractivity (Wildman–Crippen MR) is 93.3 cm³/mol. The summed E-state index contributed by atoms with van der Waals surface area (Å²) in [5.41, 5.74) is 6.01. The number of anilines is 1. The van der Waals surface area contributed by atoms with Crippen LogP contribution < -0.4 is 10.7 Å². The number of thiocarbonyl (C=S) groups is 1. The summed E-state index contributed by atoms with van der Waals surface area (Å²) < 4.78 is 0. The van der Waals surface area contributed by atoms with Gasteiger partial charge in [-0.2, -0.15) is 5.10 Å². The van der Waals surface area contributed by atoms with Crippen molar-refractivity contribution < 1.29 is 0 Å². The van der Waals surface area contributed by atoms with Crippen molar-refractivity contribution in [1.82, 2.24) is 20.2 Å². The second-order valence-corrected chi connectivity index (χ2v) is 6.08. The van der Waals surface area contributed by atoms with E-state index in [0.717, 1.165) is 62.7 Å². The second kappa shape index (κ2) is 7.02. The molecule has 0 bridgehead atoms. The fourth-order valence-corrected chi connectivity index (χ4v) is 2.91. The van der Waals surface area contributed by atoms with E-state index in [1.165, 1.54) is 0 Å². The maximum absolute atomic E-state index is 5.47. The molecule has 1 fully saturated rings. The molecule has 118 valence electrons. The summed E-state index contributed by atoms with van der Waals surface area (Å²) in [6.07, 6.45) is 3.74. The van der Waals surface area contributed by atoms with Crippen molar-refractivity contribution >= 4 is 28.7 Å². The number of hydrazone groups is 1. The van der Waals surface area contributed by atoms with Crippen LogP contribution in [0.25, 0.3) is 0 Å². The molecule has 2 N–H and O–H groups in total. The molecular weight excluding hydrogens is 296 g/mol. The highest BCUT2D eigenvalue weighted by Crippen LogP contribution is 2.19. The van der Waals surface area contributed by atoms with E-state index >= 15 is 0 Å².